The number of hydrogen-bond donors (Lipinski definition) is 0. The number of aryl methyl sites for hydroxylation is 1. The Labute approximate surface area is 91.5 Å². The van der Waals surface area contributed by atoms with Crippen LogP contribution in [-0.2, 0) is 4.74 Å². The van der Waals surface area contributed by atoms with Crippen molar-refractivity contribution in [3.05, 3.63) is 35.4 Å². The number of ether oxygens (including phenoxy) is 1. The van der Waals surface area contributed by atoms with Gasteiger partial charge in [0, 0.05) is 13.0 Å². The second kappa shape index (κ2) is 6.21. The van der Waals surface area contributed by atoms with Gasteiger partial charge in [0.1, 0.15) is 0 Å². The van der Waals surface area contributed by atoms with E-state index in [0.717, 1.165) is 12.0 Å². The van der Waals surface area contributed by atoms with Crippen LogP contribution in [0.3, 0.4) is 0 Å². The maximum absolute atomic E-state index is 8.57. The molecule has 0 aliphatic heterocycles. The van der Waals surface area contributed by atoms with Crippen LogP contribution in [0.5, 0.6) is 0 Å². The average molecular weight is 203 g/mol. The molecule has 0 N–H and O–H groups in total. The highest BCUT2D eigenvalue weighted by atomic mass is 16.5. The molecule has 2 heteroatoms. The molecule has 0 spiro atoms. The Bertz CT molecular complexity index is 323. The minimum Gasteiger partial charge on any atom is -0.374 e. The zero-order chi connectivity index (χ0) is 11.1. The second-order valence-electron chi connectivity index (χ2n) is 3.55. The number of nitriles is 1. The third-order valence-corrected chi connectivity index (χ3v) is 2.34. The topological polar surface area (TPSA) is 33.0 Å². The quantitative estimate of drug-likeness (QED) is 0.735. The first-order valence-corrected chi connectivity index (χ1v) is 5.33. The third-order valence-electron chi connectivity index (χ3n) is 2.34. The molecule has 0 aliphatic rings. The SMILES string of the molecule is CCO[C@H](CCC#N)c1ccc(C)cc1. The molecule has 15 heavy (non-hydrogen) atoms. The summed E-state index contributed by atoms with van der Waals surface area (Å²) in [7, 11) is 0. The summed E-state index contributed by atoms with van der Waals surface area (Å²) in [4.78, 5) is 0. The monoisotopic (exact) mass is 203 g/mol. The predicted molar refractivity (Wildman–Crippen MR) is 60.4 cm³/mol. The highest BCUT2D eigenvalue weighted by Crippen LogP contribution is 2.22. The molecule has 80 valence electrons. The summed E-state index contributed by atoms with van der Waals surface area (Å²) >= 11 is 0. The molecule has 0 radical (unpaired) electrons. The molecule has 0 saturated heterocycles. The van der Waals surface area contributed by atoms with Gasteiger partial charge in [0.05, 0.1) is 12.2 Å². The van der Waals surface area contributed by atoms with Crippen molar-refractivity contribution in [2.45, 2.75) is 32.8 Å². The van der Waals surface area contributed by atoms with E-state index in [1.165, 1.54) is 5.56 Å². The van der Waals surface area contributed by atoms with Crippen molar-refractivity contribution in [3.8, 4) is 6.07 Å². The lowest BCUT2D eigenvalue weighted by atomic mass is 10.0. The average Bonchev–Trinajstić information content (AvgIpc) is 2.25. The van der Waals surface area contributed by atoms with Crippen LogP contribution in [0.4, 0.5) is 0 Å². The van der Waals surface area contributed by atoms with Gasteiger partial charge >= 0.3 is 0 Å². The van der Waals surface area contributed by atoms with E-state index >= 15 is 0 Å². The van der Waals surface area contributed by atoms with Crippen LogP contribution < -0.4 is 0 Å². The lowest BCUT2D eigenvalue weighted by molar-refractivity contribution is 0.0572. The molecular weight excluding hydrogens is 186 g/mol. The molecule has 1 atom stereocenters. The molecule has 0 unspecified atom stereocenters. The molecule has 1 aromatic carbocycles. The van der Waals surface area contributed by atoms with Crippen molar-refractivity contribution in [3.63, 3.8) is 0 Å². The van der Waals surface area contributed by atoms with Crippen LogP contribution in [0.15, 0.2) is 24.3 Å². The van der Waals surface area contributed by atoms with E-state index in [0.29, 0.717) is 13.0 Å². The van der Waals surface area contributed by atoms with Crippen molar-refractivity contribution in [2.24, 2.45) is 0 Å². The number of benzene rings is 1. The third kappa shape index (κ3) is 3.73. The largest absolute Gasteiger partial charge is 0.374 e. The van der Waals surface area contributed by atoms with E-state index in [2.05, 4.69) is 37.3 Å². The lowest BCUT2D eigenvalue weighted by Gasteiger charge is -2.16. The molecule has 0 aliphatic carbocycles. The molecule has 2 nitrogen and oxygen atoms in total. The molecule has 1 aromatic rings. The Balaban J connectivity index is 2.70. The molecular formula is C13H17NO. The minimum atomic E-state index is 0.0650. The van der Waals surface area contributed by atoms with E-state index in [4.69, 9.17) is 10.00 Å². The van der Waals surface area contributed by atoms with Gasteiger partial charge in [-0.05, 0) is 25.8 Å². The van der Waals surface area contributed by atoms with Gasteiger partial charge in [-0.15, -0.1) is 0 Å². The fourth-order valence-corrected chi connectivity index (χ4v) is 1.52. The number of hydrogen-bond acceptors (Lipinski definition) is 2. The zero-order valence-corrected chi connectivity index (χ0v) is 9.36. The summed E-state index contributed by atoms with van der Waals surface area (Å²) in [6.45, 7) is 4.73. The van der Waals surface area contributed by atoms with Crippen LogP contribution in [0, 0.1) is 18.3 Å². The van der Waals surface area contributed by atoms with Gasteiger partial charge in [0.2, 0.25) is 0 Å². The Morgan fingerprint density at radius 3 is 2.53 bits per heavy atom. The summed E-state index contributed by atoms with van der Waals surface area (Å²) in [6.07, 6.45) is 1.38. The van der Waals surface area contributed by atoms with Crippen molar-refractivity contribution in [2.75, 3.05) is 6.61 Å². The van der Waals surface area contributed by atoms with Crippen molar-refractivity contribution in [1.29, 1.82) is 5.26 Å². The lowest BCUT2D eigenvalue weighted by Crippen LogP contribution is -2.04. The minimum absolute atomic E-state index is 0.0650. The Morgan fingerprint density at radius 1 is 1.33 bits per heavy atom. The van der Waals surface area contributed by atoms with Crippen molar-refractivity contribution >= 4 is 0 Å². The van der Waals surface area contributed by atoms with Crippen LogP contribution in [0.1, 0.15) is 37.0 Å². The highest BCUT2D eigenvalue weighted by Gasteiger charge is 2.10. The molecule has 0 saturated carbocycles. The van der Waals surface area contributed by atoms with E-state index in [9.17, 15) is 0 Å². The van der Waals surface area contributed by atoms with Gasteiger partial charge in [0.25, 0.3) is 0 Å². The van der Waals surface area contributed by atoms with Crippen LogP contribution in [0.25, 0.3) is 0 Å². The van der Waals surface area contributed by atoms with Gasteiger partial charge in [-0.1, -0.05) is 29.8 Å². The van der Waals surface area contributed by atoms with Gasteiger partial charge in [0.15, 0.2) is 0 Å². The summed E-state index contributed by atoms with van der Waals surface area (Å²) in [6, 6.07) is 10.5. The first-order valence-electron chi connectivity index (χ1n) is 5.33. The molecule has 0 amide bonds. The van der Waals surface area contributed by atoms with Gasteiger partial charge in [-0.2, -0.15) is 5.26 Å². The maximum Gasteiger partial charge on any atom is 0.0834 e. The Kier molecular flexibility index (Phi) is 4.86. The van der Waals surface area contributed by atoms with Crippen LogP contribution in [0.2, 0.25) is 0 Å². The molecule has 0 bridgehead atoms. The Morgan fingerprint density at radius 2 is 2.00 bits per heavy atom. The first kappa shape index (κ1) is 11.7. The van der Waals surface area contributed by atoms with Gasteiger partial charge in [-0.3, -0.25) is 0 Å². The number of rotatable bonds is 5. The molecule has 0 fully saturated rings. The van der Waals surface area contributed by atoms with Crippen LogP contribution >= 0.6 is 0 Å². The number of nitrogens with zero attached hydrogens (tertiary/aromatic N) is 1. The maximum atomic E-state index is 8.57. The standard InChI is InChI=1S/C13H17NO/c1-3-15-13(5-4-10-14)12-8-6-11(2)7-9-12/h6-9,13H,3-5H2,1-2H3/t13-/m1/s1. The van der Waals surface area contributed by atoms with Crippen molar-refractivity contribution in [1.82, 2.24) is 0 Å². The fraction of sp³-hybridized carbons (Fsp3) is 0.462. The smallest absolute Gasteiger partial charge is 0.0834 e. The predicted octanol–water partition coefficient (Wildman–Crippen LogP) is 3.38. The van der Waals surface area contributed by atoms with Gasteiger partial charge < -0.3 is 4.74 Å². The van der Waals surface area contributed by atoms with E-state index in [-0.39, 0.29) is 6.10 Å². The van der Waals surface area contributed by atoms with E-state index in [1.54, 1.807) is 0 Å². The van der Waals surface area contributed by atoms with Gasteiger partial charge in [-0.25, -0.2) is 0 Å². The normalized spacial score (nSPS) is 12.1. The summed E-state index contributed by atoms with van der Waals surface area (Å²) in [5.41, 5.74) is 2.41. The molecule has 0 heterocycles. The first-order chi connectivity index (χ1) is 7.27. The summed E-state index contributed by atoms with van der Waals surface area (Å²) in [5.74, 6) is 0. The zero-order valence-electron chi connectivity index (χ0n) is 9.36. The fourth-order valence-electron chi connectivity index (χ4n) is 1.52. The van der Waals surface area contributed by atoms with E-state index in [1.807, 2.05) is 6.92 Å². The van der Waals surface area contributed by atoms with Crippen molar-refractivity contribution < 1.29 is 4.74 Å². The molecule has 0 aromatic heterocycles. The summed E-state index contributed by atoms with van der Waals surface area (Å²) in [5, 5.41) is 8.57. The highest BCUT2D eigenvalue weighted by molar-refractivity contribution is 5.23. The summed E-state index contributed by atoms with van der Waals surface area (Å²) < 4.78 is 5.62. The van der Waals surface area contributed by atoms with E-state index < -0.39 is 0 Å². The van der Waals surface area contributed by atoms with Crippen LogP contribution in [-0.4, -0.2) is 6.61 Å². The Hall–Kier alpha value is -1.33. The second-order valence-corrected chi connectivity index (χ2v) is 3.55. The molecule has 1 rings (SSSR count).